The Labute approximate surface area is 91.6 Å². The lowest BCUT2D eigenvalue weighted by atomic mass is 10.2. The van der Waals surface area contributed by atoms with Crippen molar-refractivity contribution in [1.29, 1.82) is 0 Å². The minimum atomic E-state index is -2.80. The Morgan fingerprint density at radius 1 is 1.67 bits per heavy atom. The third kappa shape index (κ3) is 2.38. The number of pyridine rings is 1. The second-order valence-electron chi connectivity index (χ2n) is 2.64. The molecule has 1 heterocycles. The predicted octanol–water partition coefficient (Wildman–Crippen LogP) is 2.40. The number of anilines is 1. The van der Waals surface area contributed by atoms with Crippen LogP contribution in [0.1, 0.15) is 17.6 Å². The Morgan fingerprint density at radius 3 is 2.67 bits per heavy atom. The van der Waals surface area contributed by atoms with Crippen molar-refractivity contribution in [3.8, 4) is 0 Å². The fourth-order valence-electron chi connectivity index (χ4n) is 1.01. The molecule has 1 rings (SSSR count). The molecular weight excluding hydrogens is 276 g/mol. The summed E-state index contributed by atoms with van der Waals surface area (Å²) in [7, 11) is 0. The molecule has 15 heavy (non-hydrogen) atoms. The third-order valence-electron chi connectivity index (χ3n) is 1.69. The summed E-state index contributed by atoms with van der Waals surface area (Å²) < 4.78 is 24.7. The van der Waals surface area contributed by atoms with E-state index in [9.17, 15) is 18.9 Å². The Morgan fingerprint density at radius 2 is 2.27 bits per heavy atom. The first-order valence-corrected chi connectivity index (χ1v) is 4.87. The van der Waals surface area contributed by atoms with Gasteiger partial charge in [-0.25, -0.2) is 8.78 Å². The highest BCUT2D eigenvalue weighted by atomic mass is 79.9. The molecule has 0 bridgehead atoms. The summed E-state index contributed by atoms with van der Waals surface area (Å²) in [6.07, 6.45) is -2.80. The predicted molar refractivity (Wildman–Crippen MR) is 52.9 cm³/mol. The van der Waals surface area contributed by atoms with Crippen LogP contribution in [0.25, 0.3) is 0 Å². The molecule has 2 N–H and O–H groups in total. The van der Waals surface area contributed by atoms with Crippen molar-refractivity contribution in [1.82, 2.24) is 4.98 Å². The van der Waals surface area contributed by atoms with Crippen molar-refractivity contribution in [2.24, 2.45) is 0 Å². The van der Waals surface area contributed by atoms with E-state index in [1.165, 1.54) is 0 Å². The van der Waals surface area contributed by atoms with Crippen molar-refractivity contribution in [3.63, 3.8) is 0 Å². The van der Waals surface area contributed by atoms with E-state index in [2.05, 4.69) is 20.9 Å². The van der Waals surface area contributed by atoms with Crippen molar-refractivity contribution >= 4 is 27.6 Å². The quantitative estimate of drug-likeness (QED) is 0.524. The van der Waals surface area contributed by atoms with Gasteiger partial charge in [0.2, 0.25) is 5.82 Å². The lowest BCUT2D eigenvalue weighted by Gasteiger charge is -2.04. The van der Waals surface area contributed by atoms with Crippen LogP contribution < -0.4 is 5.73 Å². The maximum absolute atomic E-state index is 12.4. The van der Waals surface area contributed by atoms with Crippen molar-refractivity contribution in [3.05, 3.63) is 27.3 Å². The van der Waals surface area contributed by atoms with Crippen LogP contribution in [0.2, 0.25) is 0 Å². The average molecular weight is 282 g/mol. The van der Waals surface area contributed by atoms with Crippen LogP contribution in [0.5, 0.6) is 0 Å². The van der Waals surface area contributed by atoms with E-state index in [4.69, 9.17) is 5.73 Å². The van der Waals surface area contributed by atoms with Crippen LogP contribution >= 0.6 is 15.9 Å². The molecule has 0 fully saturated rings. The Hall–Kier alpha value is -1.31. The molecule has 0 atom stereocenters. The van der Waals surface area contributed by atoms with Gasteiger partial charge >= 0.3 is 5.82 Å². The molecule has 0 radical (unpaired) electrons. The highest BCUT2D eigenvalue weighted by Gasteiger charge is 2.23. The van der Waals surface area contributed by atoms with Gasteiger partial charge in [0.05, 0.1) is 11.1 Å². The zero-order valence-electron chi connectivity index (χ0n) is 7.28. The summed E-state index contributed by atoms with van der Waals surface area (Å²) in [5, 5.41) is 10.6. The normalized spacial score (nSPS) is 10.7. The van der Waals surface area contributed by atoms with Gasteiger partial charge in [0.25, 0.3) is 6.43 Å². The summed E-state index contributed by atoms with van der Waals surface area (Å²) in [5.41, 5.74) is 4.76. The molecule has 0 aliphatic rings. The van der Waals surface area contributed by atoms with Crippen molar-refractivity contribution < 1.29 is 13.7 Å². The fraction of sp³-hybridized carbons (Fsp3) is 0.286. The minimum absolute atomic E-state index is 0.0658. The van der Waals surface area contributed by atoms with E-state index in [1.807, 2.05) is 0 Å². The molecule has 0 aliphatic carbocycles. The smallest absolute Gasteiger partial charge is 0.362 e. The Kier molecular flexibility index (Phi) is 3.51. The van der Waals surface area contributed by atoms with E-state index in [0.717, 1.165) is 6.07 Å². The maximum Gasteiger partial charge on any atom is 0.369 e. The second-order valence-corrected chi connectivity index (χ2v) is 3.20. The number of nitrogens with zero attached hydrogens (tertiary/aromatic N) is 2. The minimum Gasteiger partial charge on any atom is -0.362 e. The van der Waals surface area contributed by atoms with Gasteiger partial charge in [-0.3, -0.25) is 0 Å². The third-order valence-corrected chi connectivity index (χ3v) is 2.30. The molecule has 1 aromatic heterocycles. The first-order valence-electron chi connectivity index (χ1n) is 3.75. The molecule has 82 valence electrons. The summed E-state index contributed by atoms with van der Waals surface area (Å²) in [5.74, 6) is -1.02. The lowest BCUT2D eigenvalue weighted by Crippen LogP contribution is -2.05. The van der Waals surface area contributed by atoms with E-state index in [0.29, 0.717) is 0 Å². The van der Waals surface area contributed by atoms with Gasteiger partial charge in [-0.2, -0.15) is 0 Å². The van der Waals surface area contributed by atoms with Crippen LogP contribution in [-0.2, 0) is 5.33 Å². The first kappa shape index (κ1) is 11.8. The van der Waals surface area contributed by atoms with Crippen LogP contribution in [-0.4, -0.2) is 9.91 Å². The number of hydrogen-bond acceptors (Lipinski definition) is 4. The highest BCUT2D eigenvalue weighted by molar-refractivity contribution is 9.08. The number of nitrogen functional groups attached to an aromatic ring is 1. The molecule has 0 unspecified atom stereocenters. The van der Waals surface area contributed by atoms with Gasteiger partial charge in [-0.1, -0.05) is 15.9 Å². The number of rotatable bonds is 3. The summed E-state index contributed by atoms with van der Waals surface area (Å²) in [6.45, 7) is 0. The van der Waals surface area contributed by atoms with Gasteiger partial charge in [-0.05, 0) is 16.0 Å². The maximum atomic E-state index is 12.4. The standard InChI is InChI=1S/C7H6BrF2N3O2/c8-2-3-1-4(5(9)10)6(11)12-7(3)13(14)15/h1,5H,2H2,(H2,11,12). The van der Waals surface area contributed by atoms with Crippen molar-refractivity contribution in [2.75, 3.05) is 5.73 Å². The van der Waals surface area contributed by atoms with Gasteiger partial charge in [0.1, 0.15) is 0 Å². The zero-order valence-corrected chi connectivity index (χ0v) is 8.87. The van der Waals surface area contributed by atoms with Gasteiger partial charge in [0, 0.05) is 5.33 Å². The van der Waals surface area contributed by atoms with Crippen LogP contribution in [0.15, 0.2) is 6.07 Å². The van der Waals surface area contributed by atoms with E-state index in [1.54, 1.807) is 0 Å². The van der Waals surface area contributed by atoms with Crippen molar-refractivity contribution in [2.45, 2.75) is 11.8 Å². The molecule has 5 nitrogen and oxygen atoms in total. The van der Waals surface area contributed by atoms with Gasteiger partial charge in [0.15, 0.2) is 0 Å². The lowest BCUT2D eigenvalue weighted by molar-refractivity contribution is -0.390. The highest BCUT2D eigenvalue weighted by Crippen LogP contribution is 2.29. The molecule has 0 saturated heterocycles. The average Bonchev–Trinajstić information content (AvgIpc) is 2.16. The zero-order chi connectivity index (χ0) is 11.6. The SMILES string of the molecule is Nc1nc([N+](=O)[O-])c(CBr)cc1C(F)F. The number of alkyl halides is 3. The number of aromatic nitrogens is 1. The van der Waals surface area contributed by atoms with Crippen LogP contribution in [0, 0.1) is 10.1 Å². The van der Waals surface area contributed by atoms with Crippen LogP contribution in [0.4, 0.5) is 20.4 Å². The molecular formula is C7H6BrF2N3O2. The summed E-state index contributed by atoms with van der Waals surface area (Å²) in [6, 6.07) is 0.986. The molecule has 0 aromatic carbocycles. The van der Waals surface area contributed by atoms with E-state index >= 15 is 0 Å². The molecule has 0 saturated carbocycles. The number of halogens is 3. The monoisotopic (exact) mass is 281 g/mol. The van der Waals surface area contributed by atoms with E-state index < -0.39 is 28.5 Å². The van der Waals surface area contributed by atoms with Crippen LogP contribution in [0.3, 0.4) is 0 Å². The molecule has 0 amide bonds. The number of hydrogen-bond donors (Lipinski definition) is 1. The first-order chi connectivity index (χ1) is 6.97. The van der Waals surface area contributed by atoms with E-state index in [-0.39, 0.29) is 10.9 Å². The summed E-state index contributed by atoms with van der Waals surface area (Å²) in [4.78, 5) is 13.1. The van der Waals surface area contributed by atoms with Gasteiger partial charge in [-0.15, -0.1) is 0 Å². The fourth-order valence-corrected chi connectivity index (χ4v) is 1.42. The summed E-state index contributed by atoms with van der Waals surface area (Å²) >= 11 is 2.95. The molecule has 8 heteroatoms. The topological polar surface area (TPSA) is 82.0 Å². The molecule has 0 aliphatic heterocycles. The van der Waals surface area contributed by atoms with Gasteiger partial charge < -0.3 is 15.8 Å². The second kappa shape index (κ2) is 4.47. The Bertz CT molecular complexity index is 400. The Balaban J connectivity index is 3.35. The number of nitrogens with two attached hydrogens (primary N) is 1. The molecule has 1 aromatic rings. The number of nitro groups is 1. The largest absolute Gasteiger partial charge is 0.369 e. The molecule has 0 spiro atoms.